The maximum absolute atomic E-state index is 15.4. The van der Waals surface area contributed by atoms with Gasteiger partial charge in [0, 0.05) is 42.5 Å². The summed E-state index contributed by atoms with van der Waals surface area (Å²) in [5.74, 6) is -0.161. The van der Waals surface area contributed by atoms with E-state index in [1.54, 1.807) is 16.9 Å². The first kappa shape index (κ1) is 38.5. The number of carbonyl (C=O) groups is 3. The van der Waals surface area contributed by atoms with Gasteiger partial charge in [-0.05, 0) is 73.0 Å². The van der Waals surface area contributed by atoms with E-state index in [-0.39, 0.29) is 54.7 Å². The lowest BCUT2D eigenvalue weighted by Crippen LogP contribution is -2.52. The number of para-hydroxylation sites is 1. The molecule has 3 aliphatic heterocycles. The Morgan fingerprint density at radius 1 is 1.02 bits per heavy atom. The maximum Gasteiger partial charge on any atom is 0.268 e. The van der Waals surface area contributed by atoms with Gasteiger partial charge in [0.05, 0.1) is 45.9 Å². The van der Waals surface area contributed by atoms with Gasteiger partial charge in [-0.15, -0.1) is 0 Å². The fourth-order valence-corrected chi connectivity index (χ4v) is 13.2. The van der Waals surface area contributed by atoms with Gasteiger partial charge in [0.25, 0.3) is 5.91 Å². The summed E-state index contributed by atoms with van der Waals surface area (Å²) in [6.07, 6.45) is 1.17. The number of aliphatic hydroxyl groups excluding tert-OH is 1. The Balaban J connectivity index is 1.32. The molecule has 5 atom stereocenters. The van der Waals surface area contributed by atoms with Crippen molar-refractivity contribution in [1.82, 2.24) is 10.2 Å². The molecule has 4 aromatic rings. The fourth-order valence-electron chi connectivity index (χ4n) is 9.19. The van der Waals surface area contributed by atoms with E-state index in [1.165, 1.54) is 0 Å². The van der Waals surface area contributed by atoms with Gasteiger partial charge in [-0.3, -0.25) is 19.3 Å². The van der Waals surface area contributed by atoms with Crippen molar-refractivity contribution in [1.29, 1.82) is 0 Å². The number of hydrogen-bond donors (Lipinski definition) is 3. The maximum atomic E-state index is 15.4. The molecule has 4 aromatic carbocycles. The van der Waals surface area contributed by atoms with Gasteiger partial charge in [0.1, 0.15) is 5.75 Å². The summed E-state index contributed by atoms with van der Waals surface area (Å²) in [5.41, 5.74) is 2.04. The van der Waals surface area contributed by atoms with Crippen molar-refractivity contribution >= 4 is 48.0 Å². The number of nitrogens with zero attached hydrogens (tertiary/aromatic N) is 2. The number of fused-ring (bicyclic) bond motifs is 2. The normalized spacial score (nSPS) is 23.4. The number of nitrogens with one attached hydrogen (secondary N) is 2. The Labute approximate surface area is 324 Å². The summed E-state index contributed by atoms with van der Waals surface area (Å²) in [4.78, 5) is 46.7. The average molecular weight is 761 g/mol. The van der Waals surface area contributed by atoms with E-state index in [2.05, 4.69) is 42.8 Å². The SMILES string of the molecule is COc1ccc([Si](C)(C)[C@H]2[C@H](CC(=O)N(CCO)Cc3ccccc3)O[C@@]3(C(=O)N(c4ccccc4)c4ccc(NC(=O)C5CCCNC5)cc43)[C@@H]2C)cc1. The second-order valence-electron chi connectivity index (χ2n) is 15.6. The number of ether oxygens (including phenoxy) is 2. The highest BCUT2D eigenvalue weighted by atomic mass is 28.3. The third-order valence-electron chi connectivity index (χ3n) is 12.0. The summed E-state index contributed by atoms with van der Waals surface area (Å²) < 4.78 is 12.8. The molecule has 3 aliphatic rings. The van der Waals surface area contributed by atoms with Crippen molar-refractivity contribution in [3.8, 4) is 5.75 Å². The molecule has 0 radical (unpaired) electrons. The predicted octanol–water partition coefficient (Wildman–Crippen LogP) is 5.94. The summed E-state index contributed by atoms with van der Waals surface area (Å²) in [7, 11) is -0.912. The highest BCUT2D eigenvalue weighted by Gasteiger charge is 2.67. The van der Waals surface area contributed by atoms with Crippen molar-refractivity contribution in [3.63, 3.8) is 0 Å². The third kappa shape index (κ3) is 7.34. The lowest BCUT2D eigenvalue weighted by Gasteiger charge is -2.37. The smallest absolute Gasteiger partial charge is 0.268 e. The average Bonchev–Trinajstić information content (AvgIpc) is 3.64. The van der Waals surface area contributed by atoms with Gasteiger partial charge in [-0.2, -0.15) is 0 Å². The Morgan fingerprint density at radius 2 is 1.73 bits per heavy atom. The highest BCUT2D eigenvalue weighted by molar-refractivity contribution is 6.91. The van der Waals surface area contributed by atoms with E-state index in [1.807, 2.05) is 91.0 Å². The van der Waals surface area contributed by atoms with Crippen LogP contribution in [0.5, 0.6) is 5.75 Å². The van der Waals surface area contributed by atoms with Crippen LogP contribution in [0.4, 0.5) is 17.1 Å². The van der Waals surface area contributed by atoms with Crippen LogP contribution in [0.3, 0.4) is 0 Å². The fraction of sp³-hybridized carbons (Fsp3) is 0.386. The highest BCUT2D eigenvalue weighted by Crippen LogP contribution is 2.61. The van der Waals surface area contributed by atoms with Crippen LogP contribution < -0.4 is 25.5 Å². The van der Waals surface area contributed by atoms with E-state index >= 15 is 4.79 Å². The first-order valence-electron chi connectivity index (χ1n) is 19.4. The van der Waals surface area contributed by atoms with E-state index in [9.17, 15) is 14.7 Å². The van der Waals surface area contributed by atoms with E-state index < -0.39 is 19.8 Å². The number of hydrogen-bond acceptors (Lipinski definition) is 7. The van der Waals surface area contributed by atoms with Crippen LogP contribution in [0.2, 0.25) is 18.6 Å². The summed E-state index contributed by atoms with van der Waals surface area (Å²) >= 11 is 0. The summed E-state index contributed by atoms with van der Waals surface area (Å²) in [6.45, 7) is 8.55. The van der Waals surface area contributed by atoms with Crippen molar-refractivity contribution in [2.75, 3.05) is 43.6 Å². The topological polar surface area (TPSA) is 120 Å². The number of methoxy groups -OCH3 is 1. The zero-order valence-corrected chi connectivity index (χ0v) is 33.2. The van der Waals surface area contributed by atoms with Gasteiger partial charge in [-0.1, -0.05) is 85.9 Å². The number of anilines is 3. The Morgan fingerprint density at radius 3 is 2.38 bits per heavy atom. The minimum Gasteiger partial charge on any atom is -0.497 e. The minimum absolute atomic E-state index is 0.0369. The number of piperidine rings is 1. The van der Waals surface area contributed by atoms with Crippen LogP contribution in [-0.2, 0) is 31.3 Å². The number of amides is 3. The Hall–Kier alpha value is -4.81. The lowest BCUT2D eigenvalue weighted by atomic mass is 9.82. The van der Waals surface area contributed by atoms with E-state index in [0.717, 1.165) is 35.9 Å². The van der Waals surface area contributed by atoms with Gasteiger partial charge in [-0.25, -0.2) is 0 Å². The predicted molar refractivity (Wildman–Crippen MR) is 217 cm³/mol. The van der Waals surface area contributed by atoms with Crippen molar-refractivity contribution in [2.24, 2.45) is 11.8 Å². The molecule has 55 heavy (non-hydrogen) atoms. The first-order valence-corrected chi connectivity index (χ1v) is 22.5. The molecule has 0 bridgehead atoms. The van der Waals surface area contributed by atoms with Crippen molar-refractivity contribution in [2.45, 2.75) is 63.1 Å². The quantitative estimate of drug-likeness (QED) is 0.153. The molecule has 0 aliphatic carbocycles. The number of carbonyl (C=O) groups excluding carboxylic acids is 3. The molecule has 11 heteroatoms. The standard InChI is InChI=1S/C44H52N4O6Si/c1-30-41(55(3,4)36-20-18-35(53-2)19-21-36)39(27-40(50)47(24-25-49)29-31-12-7-5-8-13-31)54-44(30)37-26-33(46-42(51)32-14-11-23-45-28-32)17-22-38(37)48(43(44)52)34-15-9-6-10-16-34/h5-10,12-13,15-22,26,30,32,39,41,45,49H,11,14,23-25,27-29H2,1-4H3,(H,46,51)/t30-,32?,39+,41-,44+/m1/s1. The van der Waals surface area contributed by atoms with Gasteiger partial charge < -0.3 is 30.1 Å². The number of benzene rings is 4. The second-order valence-corrected chi connectivity index (χ2v) is 20.3. The molecule has 10 nitrogen and oxygen atoms in total. The van der Waals surface area contributed by atoms with Gasteiger partial charge in [0.15, 0.2) is 5.60 Å². The molecular weight excluding hydrogens is 709 g/mol. The van der Waals surface area contributed by atoms with Gasteiger partial charge in [0.2, 0.25) is 11.8 Å². The van der Waals surface area contributed by atoms with Crippen molar-refractivity contribution < 1.29 is 29.0 Å². The monoisotopic (exact) mass is 760 g/mol. The minimum atomic E-state index is -2.56. The zero-order valence-electron chi connectivity index (χ0n) is 32.2. The number of aliphatic hydroxyl groups is 1. The summed E-state index contributed by atoms with van der Waals surface area (Å²) in [6, 6.07) is 33.1. The molecular formula is C44H52N4O6Si. The summed E-state index contributed by atoms with van der Waals surface area (Å²) in [5, 5.41) is 17.7. The molecule has 0 saturated carbocycles. The molecule has 3 N–H and O–H groups in total. The molecule has 288 valence electrons. The largest absolute Gasteiger partial charge is 0.497 e. The molecule has 7 rings (SSSR count). The molecule has 0 aromatic heterocycles. The third-order valence-corrected chi connectivity index (χ3v) is 16.4. The lowest BCUT2D eigenvalue weighted by molar-refractivity contribution is -0.149. The van der Waals surface area contributed by atoms with Gasteiger partial charge >= 0.3 is 0 Å². The molecule has 2 saturated heterocycles. The number of rotatable bonds is 12. The van der Waals surface area contributed by atoms with Crippen LogP contribution in [0.25, 0.3) is 0 Å². The first-order chi connectivity index (χ1) is 26.6. The van der Waals surface area contributed by atoms with Crippen LogP contribution >= 0.6 is 0 Å². The molecule has 3 amide bonds. The van der Waals surface area contributed by atoms with Crippen molar-refractivity contribution in [3.05, 3.63) is 114 Å². The van der Waals surface area contributed by atoms with Crippen LogP contribution in [0, 0.1) is 11.8 Å². The van der Waals surface area contributed by atoms with Crippen LogP contribution in [0.15, 0.2) is 103 Å². The molecule has 3 heterocycles. The van der Waals surface area contributed by atoms with E-state index in [0.29, 0.717) is 35.7 Å². The Kier molecular flexibility index (Phi) is 11.3. The molecule has 1 spiro atoms. The van der Waals surface area contributed by atoms with Crippen LogP contribution in [-0.4, -0.2) is 75.3 Å². The van der Waals surface area contributed by atoms with E-state index in [4.69, 9.17) is 9.47 Å². The molecule has 2 fully saturated rings. The molecule has 1 unspecified atom stereocenters. The Bertz CT molecular complexity index is 1990. The zero-order chi connectivity index (χ0) is 38.7. The second kappa shape index (κ2) is 16.1. The van der Waals surface area contributed by atoms with Crippen LogP contribution in [0.1, 0.15) is 37.3 Å².